The standard InChI is InChI=1S/C24H32FN3O8S/c1-24(35-12-11-25,15-37(31,32)16-7-6-8-16)19(14-26-22(30)17-9-4-5-10-18(17)29)36-23-27-20(33-2)13-21(28-23)34-3/h4-5,9-10,13,16,19,29H,6-8,11-12,14-15H2,1-3H3,(H,26,30). The number of methoxy groups -OCH3 is 2. The molecule has 0 aliphatic heterocycles. The predicted octanol–water partition coefficient (Wildman–Crippen LogP) is 2.09. The second-order valence-corrected chi connectivity index (χ2v) is 11.1. The van der Waals surface area contributed by atoms with Crippen LogP contribution in [0.1, 0.15) is 36.5 Å². The van der Waals surface area contributed by atoms with Gasteiger partial charge >= 0.3 is 6.01 Å². The third-order valence-electron chi connectivity index (χ3n) is 6.16. The lowest BCUT2D eigenvalue weighted by atomic mass is 9.99. The normalized spacial score (nSPS) is 16.2. The molecular weight excluding hydrogens is 509 g/mol. The Morgan fingerprint density at radius 1 is 1.22 bits per heavy atom. The number of nitrogens with one attached hydrogen (secondary N) is 1. The van der Waals surface area contributed by atoms with Gasteiger partial charge in [-0.1, -0.05) is 18.6 Å². The zero-order valence-corrected chi connectivity index (χ0v) is 21.8. The van der Waals surface area contributed by atoms with E-state index in [2.05, 4.69) is 15.3 Å². The maximum atomic E-state index is 13.2. The molecule has 37 heavy (non-hydrogen) atoms. The zero-order chi connectivity index (χ0) is 27.1. The van der Waals surface area contributed by atoms with E-state index in [0.717, 1.165) is 6.42 Å². The van der Waals surface area contributed by atoms with Crippen molar-refractivity contribution in [3.8, 4) is 23.5 Å². The highest BCUT2D eigenvalue weighted by atomic mass is 32.2. The SMILES string of the molecule is COc1cc(OC)nc(OC(CNC(=O)c2ccccc2O)C(C)(CS(=O)(=O)C2CCC2)OCCF)n1. The van der Waals surface area contributed by atoms with Gasteiger partial charge in [-0.05, 0) is 31.9 Å². The molecule has 1 saturated carbocycles. The van der Waals surface area contributed by atoms with Crippen LogP contribution in [-0.4, -0.2) is 86.2 Å². The summed E-state index contributed by atoms with van der Waals surface area (Å²) in [6, 6.07) is 7.13. The third-order valence-corrected chi connectivity index (χ3v) is 8.62. The average Bonchev–Trinajstić information content (AvgIpc) is 2.83. The molecule has 0 spiro atoms. The number of phenols is 1. The molecule has 1 amide bonds. The number of carbonyl (C=O) groups is 1. The number of para-hydroxylation sites is 1. The van der Waals surface area contributed by atoms with Gasteiger partial charge in [0.05, 0.1) is 50.0 Å². The topological polar surface area (TPSA) is 146 Å². The highest BCUT2D eigenvalue weighted by Gasteiger charge is 2.45. The van der Waals surface area contributed by atoms with Gasteiger partial charge in [-0.2, -0.15) is 9.97 Å². The molecule has 0 bridgehead atoms. The number of aromatic hydroxyl groups is 1. The molecule has 204 valence electrons. The van der Waals surface area contributed by atoms with Crippen molar-refractivity contribution in [2.75, 3.05) is 39.8 Å². The molecule has 3 rings (SSSR count). The quantitative estimate of drug-likeness (QED) is 0.364. The molecule has 0 radical (unpaired) electrons. The minimum atomic E-state index is -3.64. The van der Waals surface area contributed by atoms with E-state index in [9.17, 15) is 22.7 Å². The van der Waals surface area contributed by atoms with Gasteiger partial charge in [0.25, 0.3) is 5.91 Å². The second kappa shape index (κ2) is 12.4. The number of aromatic nitrogens is 2. The lowest BCUT2D eigenvalue weighted by Gasteiger charge is -2.38. The fourth-order valence-electron chi connectivity index (χ4n) is 3.85. The minimum absolute atomic E-state index is 0.00835. The third kappa shape index (κ3) is 7.19. The van der Waals surface area contributed by atoms with Crippen LogP contribution in [0.5, 0.6) is 23.5 Å². The van der Waals surface area contributed by atoms with Gasteiger partial charge < -0.3 is 29.4 Å². The summed E-state index contributed by atoms with van der Waals surface area (Å²) in [5.74, 6) is -1.12. The Balaban J connectivity index is 1.95. The summed E-state index contributed by atoms with van der Waals surface area (Å²) >= 11 is 0. The summed E-state index contributed by atoms with van der Waals surface area (Å²) in [5, 5.41) is 12.1. The van der Waals surface area contributed by atoms with Crippen LogP contribution in [0.3, 0.4) is 0 Å². The van der Waals surface area contributed by atoms with Gasteiger partial charge in [0.2, 0.25) is 11.8 Å². The summed E-state index contributed by atoms with van der Waals surface area (Å²) < 4.78 is 61.5. The number of halogens is 1. The van der Waals surface area contributed by atoms with Gasteiger partial charge in [0.1, 0.15) is 24.1 Å². The van der Waals surface area contributed by atoms with Crippen molar-refractivity contribution < 1.29 is 41.7 Å². The van der Waals surface area contributed by atoms with Crippen LogP contribution in [0.2, 0.25) is 0 Å². The van der Waals surface area contributed by atoms with Crippen LogP contribution in [0.25, 0.3) is 0 Å². The Morgan fingerprint density at radius 2 is 1.86 bits per heavy atom. The molecular formula is C24H32FN3O8S. The first-order valence-corrected chi connectivity index (χ1v) is 13.4. The number of ether oxygens (including phenoxy) is 4. The van der Waals surface area contributed by atoms with Crippen molar-refractivity contribution in [1.82, 2.24) is 15.3 Å². The van der Waals surface area contributed by atoms with Crippen molar-refractivity contribution >= 4 is 15.7 Å². The van der Waals surface area contributed by atoms with Crippen LogP contribution in [0.15, 0.2) is 30.3 Å². The summed E-state index contributed by atoms with van der Waals surface area (Å²) in [4.78, 5) is 21.0. The number of hydrogen-bond acceptors (Lipinski definition) is 10. The lowest BCUT2D eigenvalue weighted by Crippen LogP contribution is -2.57. The van der Waals surface area contributed by atoms with E-state index in [0.29, 0.717) is 12.8 Å². The largest absolute Gasteiger partial charge is 0.507 e. The smallest absolute Gasteiger partial charge is 0.323 e. The van der Waals surface area contributed by atoms with E-state index in [-0.39, 0.29) is 35.6 Å². The molecule has 1 fully saturated rings. The van der Waals surface area contributed by atoms with Crippen molar-refractivity contribution in [3.05, 3.63) is 35.9 Å². The number of amides is 1. The number of benzene rings is 1. The number of alkyl halides is 1. The van der Waals surface area contributed by atoms with E-state index in [4.69, 9.17) is 18.9 Å². The Bertz CT molecular complexity index is 1160. The molecule has 1 heterocycles. The second-order valence-electron chi connectivity index (χ2n) is 8.78. The summed E-state index contributed by atoms with van der Waals surface area (Å²) in [6.45, 7) is -0.0577. The first-order chi connectivity index (χ1) is 17.6. The molecule has 2 aromatic rings. The van der Waals surface area contributed by atoms with E-state index in [1.807, 2.05) is 0 Å². The Kier molecular flexibility index (Phi) is 9.49. The van der Waals surface area contributed by atoms with Crippen LogP contribution in [0.4, 0.5) is 4.39 Å². The fraction of sp³-hybridized carbons (Fsp3) is 0.542. The van der Waals surface area contributed by atoms with E-state index < -0.39 is 51.7 Å². The summed E-state index contributed by atoms with van der Waals surface area (Å²) in [6.07, 6.45) is 0.682. The minimum Gasteiger partial charge on any atom is -0.507 e. The molecule has 1 aromatic carbocycles. The van der Waals surface area contributed by atoms with E-state index in [1.54, 1.807) is 12.1 Å². The Hall–Kier alpha value is -3.19. The molecule has 1 aromatic heterocycles. The lowest BCUT2D eigenvalue weighted by molar-refractivity contribution is -0.0913. The van der Waals surface area contributed by atoms with Gasteiger partial charge in [0, 0.05) is 0 Å². The van der Waals surface area contributed by atoms with Gasteiger partial charge in [-0.3, -0.25) is 4.79 Å². The molecule has 2 unspecified atom stereocenters. The number of carbonyl (C=O) groups excluding carboxylic acids is 1. The first-order valence-electron chi connectivity index (χ1n) is 11.7. The highest BCUT2D eigenvalue weighted by molar-refractivity contribution is 7.92. The molecule has 1 aliphatic carbocycles. The van der Waals surface area contributed by atoms with Crippen molar-refractivity contribution in [3.63, 3.8) is 0 Å². The molecule has 13 heteroatoms. The Morgan fingerprint density at radius 3 is 2.41 bits per heavy atom. The molecule has 2 N–H and O–H groups in total. The number of nitrogens with zero attached hydrogens (tertiary/aromatic N) is 2. The number of phenolic OH excluding ortho intramolecular Hbond substituents is 1. The van der Waals surface area contributed by atoms with Gasteiger partial charge in [0.15, 0.2) is 9.84 Å². The highest BCUT2D eigenvalue weighted by Crippen LogP contribution is 2.32. The predicted molar refractivity (Wildman–Crippen MR) is 132 cm³/mol. The van der Waals surface area contributed by atoms with Crippen molar-refractivity contribution in [1.29, 1.82) is 0 Å². The Labute approximate surface area is 215 Å². The first kappa shape index (κ1) is 28.4. The number of rotatable bonds is 14. The fourth-order valence-corrected chi connectivity index (χ4v) is 6.20. The zero-order valence-electron chi connectivity index (χ0n) is 21.0. The van der Waals surface area contributed by atoms with E-state index in [1.165, 1.54) is 39.3 Å². The van der Waals surface area contributed by atoms with E-state index >= 15 is 0 Å². The summed E-state index contributed by atoms with van der Waals surface area (Å²) in [7, 11) is -0.874. The van der Waals surface area contributed by atoms with Crippen molar-refractivity contribution in [2.24, 2.45) is 0 Å². The average molecular weight is 542 g/mol. The van der Waals surface area contributed by atoms with Crippen LogP contribution >= 0.6 is 0 Å². The maximum absolute atomic E-state index is 13.2. The van der Waals surface area contributed by atoms with Crippen LogP contribution in [0, 0.1) is 0 Å². The van der Waals surface area contributed by atoms with Crippen LogP contribution < -0.4 is 19.5 Å². The van der Waals surface area contributed by atoms with Crippen molar-refractivity contribution in [2.45, 2.75) is 43.1 Å². The molecule has 1 aliphatic rings. The maximum Gasteiger partial charge on any atom is 0.323 e. The molecule has 11 nitrogen and oxygen atoms in total. The number of hydrogen-bond donors (Lipinski definition) is 2. The van der Waals surface area contributed by atoms with Crippen LogP contribution in [-0.2, 0) is 14.6 Å². The number of sulfone groups is 1. The monoisotopic (exact) mass is 541 g/mol. The van der Waals surface area contributed by atoms with Gasteiger partial charge in [-0.15, -0.1) is 0 Å². The summed E-state index contributed by atoms with van der Waals surface area (Å²) in [5.41, 5.74) is -1.60. The molecule has 2 atom stereocenters. The van der Waals surface area contributed by atoms with Gasteiger partial charge in [-0.25, -0.2) is 12.8 Å². The molecule has 0 saturated heterocycles.